The molecule has 0 atom stereocenters. The van der Waals surface area contributed by atoms with Crippen molar-refractivity contribution in [1.29, 1.82) is 0 Å². The van der Waals surface area contributed by atoms with Gasteiger partial charge < -0.3 is 9.15 Å². The molecular weight excluding hydrogens is 438 g/mol. The SMILES string of the molecule is COc1ccc(-c2nc(CN3CCC(NS(=O)(=O)c4ccc(Cl)cc4)CC3)co2)cc1. The zero-order valence-electron chi connectivity index (χ0n) is 17.1. The Balaban J connectivity index is 1.30. The molecule has 2 aromatic carbocycles. The number of halogens is 1. The van der Waals surface area contributed by atoms with E-state index in [4.69, 9.17) is 20.8 Å². The van der Waals surface area contributed by atoms with Crippen molar-refractivity contribution in [2.75, 3.05) is 20.2 Å². The lowest BCUT2D eigenvalue weighted by Gasteiger charge is -2.31. The maximum absolute atomic E-state index is 12.6. The third-order valence-corrected chi connectivity index (χ3v) is 7.10. The third-order valence-electron chi connectivity index (χ3n) is 5.31. The first kappa shape index (κ1) is 21.8. The van der Waals surface area contributed by atoms with Gasteiger partial charge in [0, 0.05) is 36.3 Å². The van der Waals surface area contributed by atoms with E-state index in [-0.39, 0.29) is 10.9 Å². The maximum atomic E-state index is 12.6. The highest BCUT2D eigenvalue weighted by Crippen LogP contribution is 2.23. The summed E-state index contributed by atoms with van der Waals surface area (Å²) in [7, 11) is -1.92. The Morgan fingerprint density at radius 1 is 1.13 bits per heavy atom. The quantitative estimate of drug-likeness (QED) is 0.573. The minimum atomic E-state index is -3.55. The Morgan fingerprint density at radius 2 is 1.81 bits per heavy atom. The van der Waals surface area contributed by atoms with Gasteiger partial charge in [-0.1, -0.05) is 11.6 Å². The van der Waals surface area contributed by atoms with E-state index < -0.39 is 10.0 Å². The molecule has 1 saturated heterocycles. The summed E-state index contributed by atoms with van der Waals surface area (Å²) in [5.74, 6) is 1.35. The monoisotopic (exact) mass is 461 g/mol. The van der Waals surface area contributed by atoms with Crippen LogP contribution >= 0.6 is 11.6 Å². The van der Waals surface area contributed by atoms with Crippen molar-refractivity contribution >= 4 is 21.6 Å². The molecule has 1 aliphatic heterocycles. The van der Waals surface area contributed by atoms with Gasteiger partial charge in [0.05, 0.1) is 17.7 Å². The molecule has 7 nitrogen and oxygen atoms in total. The molecule has 0 bridgehead atoms. The molecule has 9 heteroatoms. The van der Waals surface area contributed by atoms with Gasteiger partial charge in [0.2, 0.25) is 15.9 Å². The number of hydrogen-bond donors (Lipinski definition) is 1. The van der Waals surface area contributed by atoms with E-state index in [0.717, 1.165) is 42.9 Å². The van der Waals surface area contributed by atoms with Crippen molar-refractivity contribution in [3.63, 3.8) is 0 Å². The highest BCUT2D eigenvalue weighted by Gasteiger charge is 2.25. The van der Waals surface area contributed by atoms with E-state index in [1.54, 1.807) is 25.5 Å². The number of benzene rings is 2. The summed E-state index contributed by atoms with van der Waals surface area (Å²) in [4.78, 5) is 7.07. The molecule has 1 fully saturated rings. The second-order valence-corrected chi connectivity index (χ2v) is 9.65. The molecule has 1 N–H and O–H groups in total. The van der Waals surface area contributed by atoms with Crippen molar-refractivity contribution in [2.45, 2.75) is 30.3 Å². The van der Waals surface area contributed by atoms with E-state index >= 15 is 0 Å². The molecule has 164 valence electrons. The van der Waals surface area contributed by atoms with Crippen LogP contribution in [0.5, 0.6) is 5.75 Å². The Morgan fingerprint density at radius 3 is 2.45 bits per heavy atom. The van der Waals surface area contributed by atoms with Gasteiger partial charge in [-0.3, -0.25) is 4.90 Å². The second kappa shape index (κ2) is 9.40. The standard InChI is InChI=1S/C22H24ClN3O4S/c1-29-20-6-2-16(3-7-20)22-24-19(15-30-22)14-26-12-10-18(11-13-26)25-31(27,28)21-8-4-17(23)5-9-21/h2-9,15,18,25H,10-14H2,1H3. The minimum absolute atomic E-state index is 0.0934. The number of aromatic nitrogens is 1. The van der Waals surface area contributed by atoms with E-state index in [2.05, 4.69) is 14.6 Å². The minimum Gasteiger partial charge on any atom is -0.497 e. The lowest BCUT2D eigenvalue weighted by Crippen LogP contribution is -2.44. The summed E-state index contributed by atoms with van der Waals surface area (Å²) in [6.07, 6.45) is 3.14. The number of piperidine rings is 1. The molecule has 1 aliphatic rings. The topological polar surface area (TPSA) is 84.7 Å². The average Bonchev–Trinajstić information content (AvgIpc) is 3.24. The van der Waals surface area contributed by atoms with Crippen LogP contribution in [0.2, 0.25) is 5.02 Å². The molecule has 31 heavy (non-hydrogen) atoms. The van der Waals surface area contributed by atoms with E-state index in [1.807, 2.05) is 24.3 Å². The first-order valence-electron chi connectivity index (χ1n) is 10.0. The fourth-order valence-electron chi connectivity index (χ4n) is 3.59. The lowest BCUT2D eigenvalue weighted by molar-refractivity contribution is 0.198. The van der Waals surface area contributed by atoms with Gasteiger partial charge in [-0.2, -0.15) is 0 Å². The van der Waals surface area contributed by atoms with Gasteiger partial charge in [0.15, 0.2) is 0 Å². The number of sulfonamides is 1. The summed E-state index contributed by atoms with van der Waals surface area (Å²) in [6, 6.07) is 13.7. The molecule has 0 amide bonds. The number of hydrogen-bond acceptors (Lipinski definition) is 6. The molecule has 0 aliphatic carbocycles. The molecule has 0 unspecified atom stereocenters. The van der Waals surface area contributed by atoms with Gasteiger partial charge in [-0.05, 0) is 61.4 Å². The number of oxazole rings is 1. The molecular formula is C22H24ClN3O4S. The van der Waals surface area contributed by atoms with Gasteiger partial charge in [0.1, 0.15) is 12.0 Å². The zero-order chi connectivity index (χ0) is 21.8. The van der Waals surface area contributed by atoms with Crippen molar-refractivity contribution in [3.05, 3.63) is 65.5 Å². The van der Waals surface area contributed by atoms with E-state index in [1.165, 1.54) is 12.1 Å². The van der Waals surface area contributed by atoms with Gasteiger partial charge in [-0.15, -0.1) is 0 Å². The van der Waals surface area contributed by atoms with Gasteiger partial charge in [0.25, 0.3) is 0 Å². The zero-order valence-corrected chi connectivity index (χ0v) is 18.7. The number of likely N-dealkylation sites (tertiary alicyclic amines) is 1. The van der Waals surface area contributed by atoms with Crippen LogP contribution in [-0.4, -0.2) is 44.5 Å². The molecule has 0 radical (unpaired) electrons. The molecule has 0 saturated carbocycles. The van der Waals surface area contributed by atoms with E-state index in [9.17, 15) is 8.42 Å². The van der Waals surface area contributed by atoms with Crippen LogP contribution in [0.3, 0.4) is 0 Å². The second-order valence-electron chi connectivity index (χ2n) is 7.50. The molecule has 1 aromatic heterocycles. The fraction of sp³-hybridized carbons (Fsp3) is 0.318. The van der Waals surface area contributed by atoms with Crippen molar-refractivity contribution in [2.24, 2.45) is 0 Å². The number of methoxy groups -OCH3 is 1. The summed E-state index contributed by atoms with van der Waals surface area (Å²) in [5, 5.41) is 0.510. The average molecular weight is 462 g/mol. The maximum Gasteiger partial charge on any atom is 0.240 e. The van der Waals surface area contributed by atoms with Crippen molar-refractivity contribution in [1.82, 2.24) is 14.6 Å². The van der Waals surface area contributed by atoms with Crippen LogP contribution in [-0.2, 0) is 16.6 Å². The normalized spacial score (nSPS) is 15.8. The highest BCUT2D eigenvalue weighted by atomic mass is 35.5. The van der Waals surface area contributed by atoms with Crippen molar-refractivity contribution < 1.29 is 17.6 Å². The van der Waals surface area contributed by atoms with Crippen LogP contribution in [0.1, 0.15) is 18.5 Å². The largest absolute Gasteiger partial charge is 0.497 e. The predicted molar refractivity (Wildman–Crippen MR) is 119 cm³/mol. The number of rotatable bonds is 7. The Labute approximate surface area is 187 Å². The summed E-state index contributed by atoms with van der Waals surface area (Å²) in [5.41, 5.74) is 1.74. The van der Waals surface area contributed by atoms with Crippen LogP contribution in [0.15, 0.2) is 64.1 Å². The number of nitrogens with zero attached hydrogens (tertiary/aromatic N) is 2. The Hall–Kier alpha value is -2.39. The molecule has 3 aromatic rings. The lowest BCUT2D eigenvalue weighted by atomic mass is 10.1. The molecule has 4 rings (SSSR count). The molecule has 2 heterocycles. The van der Waals surface area contributed by atoms with Gasteiger partial charge in [-0.25, -0.2) is 18.1 Å². The van der Waals surface area contributed by atoms with Crippen LogP contribution < -0.4 is 9.46 Å². The first-order valence-corrected chi connectivity index (χ1v) is 11.9. The fourth-order valence-corrected chi connectivity index (χ4v) is 5.02. The van der Waals surface area contributed by atoms with Crippen LogP contribution in [0.4, 0.5) is 0 Å². The van der Waals surface area contributed by atoms with Crippen LogP contribution in [0, 0.1) is 0 Å². The Kier molecular flexibility index (Phi) is 6.62. The van der Waals surface area contributed by atoms with E-state index in [0.29, 0.717) is 17.5 Å². The number of nitrogens with one attached hydrogen (secondary N) is 1. The highest BCUT2D eigenvalue weighted by molar-refractivity contribution is 7.89. The summed E-state index contributed by atoms with van der Waals surface area (Å²) >= 11 is 5.85. The summed E-state index contributed by atoms with van der Waals surface area (Å²) < 4.78 is 38.7. The number of ether oxygens (including phenoxy) is 1. The van der Waals surface area contributed by atoms with Gasteiger partial charge >= 0.3 is 0 Å². The van der Waals surface area contributed by atoms with Crippen molar-refractivity contribution in [3.8, 4) is 17.2 Å². The summed E-state index contributed by atoms with van der Waals surface area (Å²) in [6.45, 7) is 2.22. The Bertz CT molecular complexity index is 1110. The third kappa shape index (κ3) is 5.46. The van der Waals surface area contributed by atoms with Crippen LogP contribution in [0.25, 0.3) is 11.5 Å². The predicted octanol–water partition coefficient (Wildman–Crippen LogP) is 3.95. The molecule has 0 spiro atoms. The smallest absolute Gasteiger partial charge is 0.240 e. The first-order chi connectivity index (χ1) is 14.9.